The molecule has 0 spiro atoms. The Morgan fingerprint density at radius 3 is 2.39 bits per heavy atom. The van der Waals surface area contributed by atoms with Crippen molar-refractivity contribution in [1.29, 1.82) is 0 Å². The highest BCUT2D eigenvalue weighted by Gasteiger charge is 2.31. The van der Waals surface area contributed by atoms with Crippen LogP contribution in [0.2, 0.25) is 0 Å². The van der Waals surface area contributed by atoms with E-state index in [0.29, 0.717) is 17.7 Å². The number of nitrogens with zero attached hydrogens (tertiary/aromatic N) is 1. The van der Waals surface area contributed by atoms with E-state index in [0.717, 1.165) is 15.2 Å². The minimum atomic E-state index is -0.210. The van der Waals surface area contributed by atoms with Crippen LogP contribution >= 0.6 is 15.9 Å². The summed E-state index contributed by atoms with van der Waals surface area (Å²) in [5, 5.41) is 1.66. The summed E-state index contributed by atoms with van der Waals surface area (Å²) in [6.45, 7) is 2.20. The van der Waals surface area contributed by atoms with Gasteiger partial charge in [-0.25, -0.2) is 0 Å². The number of carbonyl (C=O) groups is 2. The highest BCUT2D eigenvalue weighted by molar-refractivity contribution is 9.10. The van der Waals surface area contributed by atoms with Crippen LogP contribution < -0.4 is 0 Å². The Balaban J connectivity index is 2.46. The molecule has 0 fully saturated rings. The number of imide groups is 1. The molecule has 0 radical (unpaired) electrons. The normalized spacial score (nSPS) is 14.4. The zero-order valence-corrected chi connectivity index (χ0v) is 11.3. The lowest BCUT2D eigenvalue weighted by Gasteiger charge is -2.26. The van der Waals surface area contributed by atoms with E-state index in [2.05, 4.69) is 15.9 Å². The summed E-state index contributed by atoms with van der Waals surface area (Å²) >= 11 is 3.45. The minimum absolute atomic E-state index is 0.210. The molecule has 0 unspecified atom stereocenters. The molecular formula is C14H10BrNO2. The molecule has 2 aromatic carbocycles. The molecular weight excluding hydrogens is 294 g/mol. The predicted octanol–water partition coefficient (Wildman–Crippen LogP) is 3.22. The highest BCUT2D eigenvalue weighted by Crippen LogP contribution is 2.33. The Labute approximate surface area is 113 Å². The molecule has 0 N–H and O–H groups in total. The molecule has 3 nitrogen and oxygen atoms in total. The van der Waals surface area contributed by atoms with E-state index in [1.165, 1.54) is 4.90 Å². The van der Waals surface area contributed by atoms with Gasteiger partial charge in [0.2, 0.25) is 0 Å². The Bertz CT molecular complexity index is 671. The Hall–Kier alpha value is -1.68. The van der Waals surface area contributed by atoms with Gasteiger partial charge in [0.15, 0.2) is 0 Å². The lowest BCUT2D eigenvalue weighted by atomic mass is 9.94. The maximum absolute atomic E-state index is 12.2. The number of halogens is 1. The second-order valence-electron chi connectivity index (χ2n) is 4.18. The van der Waals surface area contributed by atoms with Gasteiger partial charge in [-0.2, -0.15) is 0 Å². The van der Waals surface area contributed by atoms with Gasteiger partial charge >= 0.3 is 0 Å². The number of rotatable bonds is 1. The van der Waals surface area contributed by atoms with Gasteiger partial charge in [-0.1, -0.05) is 28.1 Å². The molecule has 0 bridgehead atoms. The van der Waals surface area contributed by atoms with E-state index in [1.54, 1.807) is 19.1 Å². The fourth-order valence-electron chi connectivity index (χ4n) is 2.40. The Morgan fingerprint density at radius 2 is 1.72 bits per heavy atom. The van der Waals surface area contributed by atoms with Crippen molar-refractivity contribution in [3.63, 3.8) is 0 Å². The topological polar surface area (TPSA) is 37.4 Å². The molecule has 1 aliphatic rings. The molecule has 3 rings (SSSR count). The summed E-state index contributed by atoms with van der Waals surface area (Å²) in [6.07, 6.45) is 0. The van der Waals surface area contributed by atoms with Crippen LogP contribution in [0.3, 0.4) is 0 Å². The van der Waals surface area contributed by atoms with Gasteiger partial charge in [0, 0.05) is 27.5 Å². The third-order valence-corrected chi connectivity index (χ3v) is 3.95. The molecule has 0 saturated carbocycles. The molecule has 1 heterocycles. The molecule has 90 valence electrons. The molecule has 18 heavy (non-hydrogen) atoms. The van der Waals surface area contributed by atoms with Crippen molar-refractivity contribution >= 4 is 38.5 Å². The quantitative estimate of drug-likeness (QED) is 0.759. The number of amides is 2. The predicted molar refractivity (Wildman–Crippen MR) is 72.7 cm³/mol. The molecule has 2 aromatic rings. The van der Waals surface area contributed by atoms with Crippen molar-refractivity contribution in [1.82, 2.24) is 4.90 Å². The van der Waals surface area contributed by atoms with Crippen molar-refractivity contribution in [2.24, 2.45) is 0 Å². The molecule has 2 amide bonds. The van der Waals surface area contributed by atoms with Gasteiger partial charge in [-0.05, 0) is 30.5 Å². The molecule has 4 heteroatoms. The number of hydrogen-bond donors (Lipinski definition) is 0. The van der Waals surface area contributed by atoms with Crippen LogP contribution in [-0.2, 0) is 0 Å². The van der Waals surface area contributed by atoms with Crippen LogP contribution in [0.15, 0.2) is 34.8 Å². The van der Waals surface area contributed by atoms with Crippen LogP contribution in [0.25, 0.3) is 10.8 Å². The van der Waals surface area contributed by atoms with Gasteiger partial charge in [-0.15, -0.1) is 0 Å². The van der Waals surface area contributed by atoms with Crippen molar-refractivity contribution in [2.75, 3.05) is 6.54 Å². The SMILES string of the molecule is CCN1C(=O)c2cccc3c(Br)ccc(c23)C1=O. The largest absolute Gasteiger partial charge is 0.275 e. The molecule has 0 atom stereocenters. The van der Waals surface area contributed by atoms with Gasteiger partial charge in [-0.3, -0.25) is 14.5 Å². The third kappa shape index (κ3) is 1.35. The smallest absolute Gasteiger partial charge is 0.261 e. The first-order chi connectivity index (χ1) is 8.65. The highest BCUT2D eigenvalue weighted by atomic mass is 79.9. The van der Waals surface area contributed by atoms with Crippen LogP contribution in [-0.4, -0.2) is 23.3 Å². The average molecular weight is 304 g/mol. The zero-order chi connectivity index (χ0) is 12.9. The van der Waals surface area contributed by atoms with Crippen molar-refractivity contribution < 1.29 is 9.59 Å². The minimum Gasteiger partial charge on any atom is -0.275 e. The van der Waals surface area contributed by atoms with Gasteiger partial charge in [0.25, 0.3) is 11.8 Å². The lowest BCUT2D eigenvalue weighted by Crippen LogP contribution is -2.40. The van der Waals surface area contributed by atoms with Crippen LogP contribution in [0, 0.1) is 0 Å². The second kappa shape index (κ2) is 3.92. The number of carbonyl (C=O) groups excluding carboxylic acids is 2. The number of benzene rings is 2. The maximum atomic E-state index is 12.2. The van der Waals surface area contributed by atoms with E-state index in [9.17, 15) is 9.59 Å². The molecule has 1 aliphatic heterocycles. The fraction of sp³-hybridized carbons (Fsp3) is 0.143. The van der Waals surface area contributed by atoms with Crippen LogP contribution in [0.4, 0.5) is 0 Å². The standard InChI is InChI=1S/C14H10BrNO2/c1-2-16-13(17)9-5-3-4-8-11(15)7-6-10(12(8)9)14(16)18/h3-7H,2H2,1H3. The second-order valence-corrected chi connectivity index (χ2v) is 5.03. The first-order valence-electron chi connectivity index (χ1n) is 5.72. The summed E-state index contributed by atoms with van der Waals surface area (Å²) in [5.41, 5.74) is 1.20. The van der Waals surface area contributed by atoms with Crippen LogP contribution in [0.5, 0.6) is 0 Å². The number of hydrogen-bond acceptors (Lipinski definition) is 2. The van der Waals surface area contributed by atoms with Gasteiger partial charge in [0.1, 0.15) is 0 Å². The summed E-state index contributed by atoms with van der Waals surface area (Å²) < 4.78 is 0.897. The van der Waals surface area contributed by atoms with Gasteiger partial charge in [0.05, 0.1) is 0 Å². The summed E-state index contributed by atoms with van der Waals surface area (Å²) in [7, 11) is 0. The average Bonchev–Trinajstić information content (AvgIpc) is 2.38. The van der Waals surface area contributed by atoms with E-state index < -0.39 is 0 Å². The van der Waals surface area contributed by atoms with E-state index in [-0.39, 0.29) is 11.8 Å². The van der Waals surface area contributed by atoms with E-state index in [1.807, 2.05) is 18.2 Å². The lowest BCUT2D eigenvalue weighted by molar-refractivity contribution is 0.0619. The van der Waals surface area contributed by atoms with E-state index in [4.69, 9.17) is 0 Å². The van der Waals surface area contributed by atoms with Crippen molar-refractivity contribution in [2.45, 2.75) is 6.92 Å². The molecule has 0 aromatic heterocycles. The first kappa shape index (κ1) is 11.4. The Kier molecular flexibility index (Phi) is 2.48. The monoisotopic (exact) mass is 303 g/mol. The van der Waals surface area contributed by atoms with Crippen molar-refractivity contribution in [3.8, 4) is 0 Å². The Morgan fingerprint density at radius 1 is 1.06 bits per heavy atom. The van der Waals surface area contributed by atoms with Crippen LogP contribution in [0.1, 0.15) is 27.6 Å². The fourth-order valence-corrected chi connectivity index (χ4v) is 2.86. The maximum Gasteiger partial charge on any atom is 0.261 e. The molecule has 0 aliphatic carbocycles. The third-order valence-electron chi connectivity index (χ3n) is 3.25. The van der Waals surface area contributed by atoms with Crippen molar-refractivity contribution in [3.05, 3.63) is 45.9 Å². The first-order valence-corrected chi connectivity index (χ1v) is 6.52. The molecule has 0 saturated heterocycles. The summed E-state index contributed by atoms with van der Waals surface area (Å²) in [5.74, 6) is -0.419. The van der Waals surface area contributed by atoms with E-state index >= 15 is 0 Å². The summed E-state index contributed by atoms with van der Waals surface area (Å²) in [6, 6.07) is 9.15. The summed E-state index contributed by atoms with van der Waals surface area (Å²) in [4.78, 5) is 25.8. The zero-order valence-electron chi connectivity index (χ0n) is 9.74. The van der Waals surface area contributed by atoms with Gasteiger partial charge < -0.3 is 0 Å².